The van der Waals surface area contributed by atoms with Crippen LogP contribution in [0.4, 0.5) is 11.4 Å². The molecule has 0 bridgehead atoms. The Kier molecular flexibility index (Phi) is 4.61. The van der Waals surface area contributed by atoms with Crippen LogP contribution in [0.2, 0.25) is 5.02 Å². The Bertz CT molecular complexity index is 908. The molecule has 1 atom stereocenters. The van der Waals surface area contributed by atoms with Gasteiger partial charge in [0.25, 0.3) is 11.8 Å². The van der Waals surface area contributed by atoms with Crippen LogP contribution in [0.15, 0.2) is 54.6 Å². The molecule has 134 valence electrons. The molecule has 1 heterocycles. The van der Waals surface area contributed by atoms with E-state index in [9.17, 15) is 14.7 Å². The topological polar surface area (TPSA) is 69.6 Å². The number of anilines is 2. The van der Waals surface area contributed by atoms with E-state index in [0.717, 1.165) is 5.56 Å². The maximum atomic E-state index is 12.6. The molecule has 2 amide bonds. The zero-order chi connectivity index (χ0) is 19.1. The van der Waals surface area contributed by atoms with Crippen LogP contribution in [0, 0.1) is 6.92 Å². The van der Waals surface area contributed by atoms with Crippen LogP contribution in [-0.4, -0.2) is 24.0 Å². The van der Waals surface area contributed by atoms with Crippen molar-refractivity contribution in [3.05, 3.63) is 70.8 Å². The maximum Gasteiger partial charge on any atom is 0.263 e. The second-order valence-corrected chi connectivity index (χ2v) is 6.92. The van der Waals surface area contributed by atoms with E-state index in [1.165, 1.54) is 4.90 Å². The van der Waals surface area contributed by atoms with Gasteiger partial charge in [0.15, 0.2) is 5.60 Å². The van der Waals surface area contributed by atoms with E-state index < -0.39 is 17.4 Å². The van der Waals surface area contributed by atoms with Crippen LogP contribution in [0.5, 0.6) is 0 Å². The Morgan fingerprint density at radius 1 is 1.27 bits per heavy atom. The van der Waals surface area contributed by atoms with Crippen LogP contribution in [0.1, 0.15) is 17.5 Å². The summed E-state index contributed by atoms with van der Waals surface area (Å²) in [7, 11) is 1.57. The Morgan fingerprint density at radius 3 is 2.58 bits per heavy atom. The van der Waals surface area contributed by atoms with Crippen LogP contribution >= 0.6 is 11.6 Å². The highest BCUT2D eigenvalue weighted by Gasteiger charge is 2.49. The molecule has 1 aliphatic rings. The molecule has 0 saturated carbocycles. The van der Waals surface area contributed by atoms with Crippen LogP contribution in [-0.2, 0) is 15.2 Å². The van der Waals surface area contributed by atoms with Gasteiger partial charge in [-0.15, -0.1) is 0 Å². The first kappa shape index (κ1) is 18.2. The largest absolute Gasteiger partial charge is 0.375 e. The summed E-state index contributed by atoms with van der Waals surface area (Å²) in [5.41, 5.74) is 0.866. The zero-order valence-electron chi connectivity index (χ0n) is 14.5. The molecule has 0 unspecified atom stereocenters. The molecule has 3 rings (SSSR count). The highest BCUT2D eigenvalue weighted by molar-refractivity contribution is 6.31. The van der Waals surface area contributed by atoms with E-state index in [4.69, 9.17) is 11.6 Å². The van der Waals surface area contributed by atoms with E-state index in [-0.39, 0.29) is 12.0 Å². The van der Waals surface area contributed by atoms with Gasteiger partial charge in [0.1, 0.15) is 0 Å². The van der Waals surface area contributed by atoms with Gasteiger partial charge in [0.2, 0.25) is 0 Å². The van der Waals surface area contributed by atoms with Crippen molar-refractivity contribution in [3.8, 4) is 0 Å². The van der Waals surface area contributed by atoms with E-state index in [0.29, 0.717) is 22.0 Å². The maximum absolute atomic E-state index is 12.6. The smallest absolute Gasteiger partial charge is 0.263 e. The summed E-state index contributed by atoms with van der Waals surface area (Å²) in [6.45, 7) is 5.71. The minimum atomic E-state index is -1.86. The third-order valence-corrected chi connectivity index (χ3v) is 4.76. The van der Waals surface area contributed by atoms with Crippen LogP contribution in [0.3, 0.4) is 0 Å². The quantitative estimate of drug-likeness (QED) is 0.810. The van der Waals surface area contributed by atoms with Gasteiger partial charge < -0.3 is 15.3 Å². The number of nitrogens with zero attached hydrogens (tertiary/aromatic N) is 1. The Labute approximate surface area is 156 Å². The number of hydrogen-bond acceptors (Lipinski definition) is 3. The molecule has 0 aromatic heterocycles. The molecule has 0 saturated heterocycles. The zero-order valence-corrected chi connectivity index (χ0v) is 15.3. The monoisotopic (exact) mass is 370 g/mol. The number of rotatable bonds is 4. The molecule has 0 fully saturated rings. The van der Waals surface area contributed by atoms with E-state index in [2.05, 4.69) is 11.9 Å². The van der Waals surface area contributed by atoms with Crippen LogP contribution < -0.4 is 10.2 Å². The molecule has 0 radical (unpaired) electrons. The summed E-state index contributed by atoms with van der Waals surface area (Å²) in [5, 5.41) is 14.2. The first-order chi connectivity index (χ1) is 12.2. The van der Waals surface area contributed by atoms with Crippen LogP contribution in [0.25, 0.3) is 0 Å². The van der Waals surface area contributed by atoms with Crippen molar-refractivity contribution in [3.63, 3.8) is 0 Å². The Balaban J connectivity index is 1.82. The fourth-order valence-electron chi connectivity index (χ4n) is 3.05. The van der Waals surface area contributed by atoms with Crippen molar-refractivity contribution in [2.24, 2.45) is 0 Å². The lowest BCUT2D eigenvalue weighted by molar-refractivity contribution is -0.135. The molecule has 2 aromatic rings. The van der Waals surface area contributed by atoms with Crippen molar-refractivity contribution >= 4 is 34.8 Å². The van der Waals surface area contributed by atoms with Crippen molar-refractivity contribution < 1.29 is 14.7 Å². The number of hydrogen-bond donors (Lipinski definition) is 2. The summed E-state index contributed by atoms with van der Waals surface area (Å²) in [4.78, 5) is 26.4. The number of halogens is 1. The number of amides is 2. The first-order valence-corrected chi connectivity index (χ1v) is 8.46. The molecule has 2 N–H and O–H groups in total. The van der Waals surface area contributed by atoms with Crippen molar-refractivity contribution in [1.29, 1.82) is 0 Å². The summed E-state index contributed by atoms with van der Waals surface area (Å²) < 4.78 is 0. The van der Waals surface area contributed by atoms with E-state index in [1.54, 1.807) is 37.4 Å². The fraction of sp³-hybridized carbons (Fsp3) is 0.200. The average molecular weight is 371 g/mol. The van der Waals surface area contributed by atoms with Crippen molar-refractivity contribution in [1.82, 2.24) is 0 Å². The number of carbonyl (C=O) groups is 2. The van der Waals surface area contributed by atoms with Gasteiger partial charge in [-0.3, -0.25) is 9.59 Å². The number of benzene rings is 2. The van der Waals surface area contributed by atoms with Gasteiger partial charge in [-0.2, -0.15) is 0 Å². The standard InChI is InChI=1S/C20H19ClN2O3/c1-12-4-7-15(8-5-12)22-18(24)13(2)11-20(26)16-10-14(21)6-9-17(16)23(3)19(20)25/h4-10,26H,2,11H2,1,3H3,(H,22,24)/t20-/m0/s1. The van der Waals surface area contributed by atoms with Gasteiger partial charge in [-0.05, 0) is 37.3 Å². The number of likely N-dealkylation sites (N-methyl/N-ethyl adjacent to an activating group) is 1. The van der Waals surface area contributed by atoms with Gasteiger partial charge >= 0.3 is 0 Å². The van der Waals surface area contributed by atoms with Gasteiger partial charge in [-0.25, -0.2) is 0 Å². The summed E-state index contributed by atoms with van der Waals surface area (Å²) in [5.74, 6) is -0.965. The third kappa shape index (κ3) is 3.11. The second kappa shape index (κ2) is 6.59. The first-order valence-electron chi connectivity index (χ1n) is 8.09. The molecule has 26 heavy (non-hydrogen) atoms. The predicted octanol–water partition coefficient (Wildman–Crippen LogP) is 3.40. The Hall–Kier alpha value is -2.63. The number of carbonyl (C=O) groups excluding carboxylic acids is 2. The summed E-state index contributed by atoms with van der Waals surface area (Å²) in [6, 6.07) is 12.2. The number of fused-ring (bicyclic) bond motifs is 1. The predicted molar refractivity (Wildman–Crippen MR) is 102 cm³/mol. The Morgan fingerprint density at radius 2 is 1.92 bits per heavy atom. The molecule has 2 aromatic carbocycles. The summed E-state index contributed by atoms with van der Waals surface area (Å²) in [6.07, 6.45) is -0.221. The fourth-order valence-corrected chi connectivity index (χ4v) is 3.22. The lowest BCUT2D eigenvalue weighted by atomic mass is 9.88. The van der Waals surface area contributed by atoms with Gasteiger partial charge in [0, 0.05) is 35.3 Å². The molecule has 1 aliphatic heterocycles. The van der Waals surface area contributed by atoms with E-state index in [1.807, 2.05) is 19.1 Å². The lowest BCUT2D eigenvalue weighted by Gasteiger charge is -2.22. The molecule has 0 aliphatic carbocycles. The number of nitrogens with one attached hydrogen (secondary N) is 1. The SMILES string of the molecule is C=C(C[C@@]1(O)C(=O)N(C)c2ccc(Cl)cc21)C(=O)Nc1ccc(C)cc1. The van der Waals surface area contributed by atoms with Gasteiger partial charge in [0.05, 0.1) is 5.69 Å². The third-order valence-electron chi connectivity index (χ3n) is 4.52. The molecule has 6 heteroatoms. The molecule has 0 spiro atoms. The average Bonchev–Trinajstić information content (AvgIpc) is 2.78. The number of aryl methyl sites for hydroxylation is 1. The van der Waals surface area contributed by atoms with Crippen molar-refractivity contribution in [2.75, 3.05) is 17.3 Å². The summed E-state index contributed by atoms with van der Waals surface area (Å²) >= 11 is 6.02. The lowest BCUT2D eigenvalue weighted by Crippen LogP contribution is -2.39. The minimum absolute atomic E-state index is 0.0997. The molecular formula is C20H19ClN2O3. The highest BCUT2D eigenvalue weighted by atomic mass is 35.5. The number of aliphatic hydroxyl groups is 1. The minimum Gasteiger partial charge on any atom is -0.375 e. The van der Waals surface area contributed by atoms with E-state index >= 15 is 0 Å². The molecular weight excluding hydrogens is 352 g/mol. The second-order valence-electron chi connectivity index (χ2n) is 6.49. The van der Waals surface area contributed by atoms with Gasteiger partial charge in [-0.1, -0.05) is 35.9 Å². The normalized spacial score (nSPS) is 18.6. The van der Waals surface area contributed by atoms with Crippen molar-refractivity contribution in [2.45, 2.75) is 18.9 Å². The highest BCUT2D eigenvalue weighted by Crippen LogP contribution is 2.44. The molecule has 5 nitrogen and oxygen atoms in total.